The van der Waals surface area contributed by atoms with Crippen molar-refractivity contribution >= 4 is 11.8 Å². The highest BCUT2D eigenvalue weighted by Gasteiger charge is 2.12. The molecule has 0 radical (unpaired) electrons. The first-order chi connectivity index (χ1) is 11.9. The number of carbonyl (C=O) groups excluding carboxylic acids is 1. The largest absolute Gasteiger partial charge is 0.334 e. The van der Waals surface area contributed by atoms with E-state index in [0.29, 0.717) is 18.3 Å². The summed E-state index contributed by atoms with van der Waals surface area (Å²) in [6.07, 6.45) is 3.32. The summed E-state index contributed by atoms with van der Waals surface area (Å²) in [7, 11) is 1.86. The minimum atomic E-state index is -0.339. The molecule has 0 bridgehead atoms. The lowest BCUT2D eigenvalue weighted by molar-refractivity contribution is 0.251. The number of urea groups is 1. The zero-order valence-electron chi connectivity index (χ0n) is 14.6. The molecule has 2 amide bonds. The number of aryl methyl sites for hydroxylation is 3. The Kier molecular flexibility index (Phi) is 4.46. The van der Waals surface area contributed by atoms with Gasteiger partial charge in [-0.05, 0) is 26.8 Å². The Morgan fingerprint density at radius 2 is 1.88 bits per heavy atom. The fraction of sp³-hybridized carbons (Fsp3) is 0.312. The molecule has 3 heterocycles. The predicted molar refractivity (Wildman–Crippen MR) is 92.4 cm³/mol. The van der Waals surface area contributed by atoms with Crippen LogP contribution in [0.15, 0.2) is 24.5 Å². The summed E-state index contributed by atoms with van der Waals surface area (Å²) >= 11 is 0. The molecule has 0 saturated heterocycles. The van der Waals surface area contributed by atoms with Crippen LogP contribution in [0, 0.1) is 20.8 Å². The normalized spacial score (nSPS) is 10.7. The molecule has 0 atom stereocenters. The average molecular weight is 340 g/mol. The monoisotopic (exact) mass is 340 g/mol. The number of rotatable bonds is 4. The quantitative estimate of drug-likeness (QED) is 0.752. The van der Waals surface area contributed by atoms with Gasteiger partial charge in [0, 0.05) is 42.3 Å². The van der Waals surface area contributed by atoms with Gasteiger partial charge in [-0.25, -0.2) is 14.8 Å². The average Bonchev–Trinajstić information content (AvgIpc) is 3.13. The van der Waals surface area contributed by atoms with Crippen LogP contribution in [0.25, 0.3) is 5.95 Å². The highest BCUT2D eigenvalue weighted by Crippen LogP contribution is 2.12. The number of aromatic nitrogens is 6. The van der Waals surface area contributed by atoms with Gasteiger partial charge in [-0.15, -0.1) is 0 Å². The number of hydrogen-bond donors (Lipinski definition) is 2. The van der Waals surface area contributed by atoms with Gasteiger partial charge < -0.3 is 5.32 Å². The van der Waals surface area contributed by atoms with E-state index in [4.69, 9.17) is 0 Å². The van der Waals surface area contributed by atoms with E-state index in [1.807, 2.05) is 33.9 Å². The van der Waals surface area contributed by atoms with Gasteiger partial charge in [-0.3, -0.25) is 10.00 Å². The van der Waals surface area contributed by atoms with Crippen molar-refractivity contribution in [3.05, 3.63) is 47.2 Å². The fourth-order valence-corrected chi connectivity index (χ4v) is 2.41. The van der Waals surface area contributed by atoms with Gasteiger partial charge in [0.25, 0.3) is 5.95 Å². The smallest absolute Gasteiger partial charge is 0.320 e. The van der Waals surface area contributed by atoms with Crippen molar-refractivity contribution in [2.24, 2.45) is 7.05 Å². The second-order valence-corrected chi connectivity index (χ2v) is 5.77. The standard InChI is InChI=1S/C16H20N8O/c1-10-7-11(2)21-15(20-10)24-14(5-6-18-24)22-16(25)17-8-13-9-19-23(4)12(13)3/h5-7,9H,8H2,1-4H3,(H2,17,22,25). The second kappa shape index (κ2) is 6.71. The maximum atomic E-state index is 12.2. The predicted octanol–water partition coefficient (Wildman–Crippen LogP) is 1.64. The Morgan fingerprint density at radius 1 is 1.16 bits per heavy atom. The van der Waals surface area contributed by atoms with E-state index >= 15 is 0 Å². The molecule has 0 saturated carbocycles. The maximum Gasteiger partial charge on any atom is 0.320 e. The summed E-state index contributed by atoms with van der Waals surface area (Å²) in [5.74, 6) is 0.909. The van der Waals surface area contributed by atoms with Gasteiger partial charge >= 0.3 is 6.03 Å². The highest BCUT2D eigenvalue weighted by atomic mass is 16.2. The molecule has 2 N–H and O–H groups in total. The minimum absolute atomic E-state index is 0.339. The molecule has 0 aliphatic heterocycles. The molecule has 25 heavy (non-hydrogen) atoms. The van der Waals surface area contributed by atoms with E-state index in [1.54, 1.807) is 23.1 Å². The Morgan fingerprint density at radius 3 is 2.52 bits per heavy atom. The molecule has 3 rings (SSSR count). The SMILES string of the molecule is Cc1cc(C)nc(-n2nccc2NC(=O)NCc2cnn(C)c2C)n1. The van der Waals surface area contributed by atoms with Crippen LogP contribution in [0.2, 0.25) is 0 Å². The molecule has 0 fully saturated rings. The van der Waals surface area contributed by atoms with E-state index in [2.05, 4.69) is 30.8 Å². The van der Waals surface area contributed by atoms with Gasteiger partial charge in [-0.1, -0.05) is 0 Å². The Hall–Kier alpha value is -3.23. The second-order valence-electron chi connectivity index (χ2n) is 5.77. The Balaban J connectivity index is 1.70. The number of carbonyl (C=O) groups is 1. The summed E-state index contributed by atoms with van der Waals surface area (Å²) in [6.45, 7) is 6.11. The van der Waals surface area contributed by atoms with Crippen molar-refractivity contribution in [3.8, 4) is 5.95 Å². The molecule has 0 unspecified atom stereocenters. The lowest BCUT2D eigenvalue weighted by atomic mass is 10.2. The first-order valence-electron chi connectivity index (χ1n) is 7.83. The van der Waals surface area contributed by atoms with Crippen molar-refractivity contribution < 1.29 is 4.79 Å². The number of nitrogens with zero attached hydrogens (tertiary/aromatic N) is 6. The molecule has 130 valence electrons. The van der Waals surface area contributed by atoms with E-state index < -0.39 is 0 Å². The van der Waals surface area contributed by atoms with E-state index in [9.17, 15) is 4.79 Å². The topological polar surface area (TPSA) is 103 Å². The number of nitrogens with one attached hydrogen (secondary N) is 2. The van der Waals surface area contributed by atoms with Gasteiger partial charge in [0.15, 0.2) is 0 Å². The summed E-state index contributed by atoms with van der Waals surface area (Å²) in [4.78, 5) is 20.9. The molecule has 0 spiro atoms. The van der Waals surface area contributed by atoms with Crippen LogP contribution >= 0.6 is 0 Å². The number of anilines is 1. The maximum absolute atomic E-state index is 12.2. The molecule has 0 aromatic carbocycles. The Labute approximate surface area is 145 Å². The highest BCUT2D eigenvalue weighted by molar-refractivity contribution is 5.88. The first-order valence-corrected chi connectivity index (χ1v) is 7.83. The summed E-state index contributed by atoms with van der Waals surface area (Å²) in [5, 5.41) is 13.9. The van der Waals surface area contributed by atoms with Crippen LogP contribution in [0.1, 0.15) is 22.6 Å². The van der Waals surface area contributed by atoms with E-state index in [0.717, 1.165) is 22.6 Å². The zero-order valence-corrected chi connectivity index (χ0v) is 14.6. The molecule has 3 aromatic rings. The van der Waals surface area contributed by atoms with Crippen molar-refractivity contribution in [3.63, 3.8) is 0 Å². The van der Waals surface area contributed by atoms with Crippen LogP contribution in [0.4, 0.5) is 10.6 Å². The van der Waals surface area contributed by atoms with Gasteiger partial charge in [0.1, 0.15) is 5.82 Å². The van der Waals surface area contributed by atoms with Crippen LogP contribution in [0.3, 0.4) is 0 Å². The van der Waals surface area contributed by atoms with Crippen molar-refractivity contribution in [1.82, 2.24) is 34.8 Å². The third-order valence-corrected chi connectivity index (χ3v) is 3.82. The molecule has 0 aliphatic carbocycles. The van der Waals surface area contributed by atoms with E-state index in [-0.39, 0.29) is 6.03 Å². The molecule has 9 nitrogen and oxygen atoms in total. The zero-order chi connectivity index (χ0) is 18.0. The van der Waals surface area contributed by atoms with Crippen molar-refractivity contribution in [2.75, 3.05) is 5.32 Å². The van der Waals surface area contributed by atoms with Crippen LogP contribution in [0.5, 0.6) is 0 Å². The third-order valence-electron chi connectivity index (χ3n) is 3.82. The molecular weight excluding hydrogens is 320 g/mol. The Bertz CT molecular complexity index is 891. The number of amides is 2. The summed E-state index contributed by atoms with van der Waals surface area (Å²) < 4.78 is 3.26. The number of hydrogen-bond acceptors (Lipinski definition) is 5. The first kappa shape index (κ1) is 16.6. The lowest BCUT2D eigenvalue weighted by Gasteiger charge is -2.10. The summed E-state index contributed by atoms with van der Waals surface area (Å²) in [6, 6.07) is 3.23. The molecule has 3 aromatic heterocycles. The molecule has 0 aliphatic rings. The third kappa shape index (κ3) is 3.65. The molecular formula is C16H20N8O. The van der Waals surface area contributed by atoms with Gasteiger partial charge in [0.2, 0.25) is 0 Å². The van der Waals surface area contributed by atoms with Crippen molar-refractivity contribution in [1.29, 1.82) is 0 Å². The van der Waals surface area contributed by atoms with Crippen LogP contribution < -0.4 is 10.6 Å². The van der Waals surface area contributed by atoms with Gasteiger partial charge in [-0.2, -0.15) is 14.9 Å². The van der Waals surface area contributed by atoms with Gasteiger partial charge in [0.05, 0.1) is 12.4 Å². The molecule has 9 heteroatoms. The van der Waals surface area contributed by atoms with E-state index in [1.165, 1.54) is 4.68 Å². The van der Waals surface area contributed by atoms with Crippen LogP contribution in [-0.2, 0) is 13.6 Å². The summed E-state index contributed by atoms with van der Waals surface area (Å²) in [5.41, 5.74) is 3.64. The fourth-order valence-electron chi connectivity index (χ4n) is 2.41. The minimum Gasteiger partial charge on any atom is -0.334 e. The van der Waals surface area contributed by atoms with Crippen molar-refractivity contribution in [2.45, 2.75) is 27.3 Å². The van der Waals surface area contributed by atoms with Crippen LogP contribution in [-0.4, -0.2) is 35.6 Å². The lowest BCUT2D eigenvalue weighted by Crippen LogP contribution is -2.29.